The van der Waals surface area contributed by atoms with E-state index in [-0.39, 0.29) is 24.7 Å². The number of rotatable bonds is 8. The molecule has 0 radical (unpaired) electrons. The maximum Gasteiger partial charge on any atom is 0.416 e. The smallest absolute Gasteiger partial charge is 0.416 e. The van der Waals surface area contributed by atoms with Gasteiger partial charge in [-0.15, -0.1) is 0 Å². The molecule has 1 heterocycles. The number of halogens is 3. The molecule has 1 N–H and O–H groups in total. The number of hydrogen-bond donors (Lipinski definition) is 1. The molecule has 180 valence electrons. The molecule has 4 nitrogen and oxygen atoms in total. The van der Waals surface area contributed by atoms with Gasteiger partial charge in [-0.05, 0) is 88.4 Å². The largest absolute Gasteiger partial charge is 0.508 e. The van der Waals surface area contributed by atoms with Crippen molar-refractivity contribution in [2.45, 2.75) is 58.2 Å². The van der Waals surface area contributed by atoms with E-state index in [1.165, 1.54) is 6.07 Å². The van der Waals surface area contributed by atoms with Crippen LogP contribution in [0.4, 0.5) is 13.2 Å². The van der Waals surface area contributed by atoms with E-state index in [1.807, 2.05) is 12.1 Å². The monoisotopic (exact) mass is 463 g/mol. The summed E-state index contributed by atoms with van der Waals surface area (Å²) in [5.41, 5.74) is 0.154. The number of ether oxygens (including phenoxy) is 1. The van der Waals surface area contributed by atoms with Crippen LogP contribution in [0.3, 0.4) is 0 Å². The zero-order chi connectivity index (χ0) is 24.1. The summed E-state index contributed by atoms with van der Waals surface area (Å²) in [7, 11) is 0. The van der Waals surface area contributed by atoms with Gasteiger partial charge < -0.3 is 14.7 Å². The lowest BCUT2D eigenvalue weighted by molar-refractivity contribution is -0.159. The minimum atomic E-state index is -4.41. The molecular formula is C26H32F3NO3. The van der Waals surface area contributed by atoms with Crippen molar-refractivity contribution < 1.29 is 27.8 Å². The molecule has 1 atom stereocenters. The molecule has 3 rings (SSSR count). The predicted molar refractivity (Wildman–Crippen MR) is 121 cm³/mol. The Balaban J connectivity index is 1.66. The summed E-state index contributed by atoms with van der Waals surface area (Å²) in [4.78, 5) is 15.3. The van der Waals surface area contributed by atoms with Gasteiger partial charge >= 0.3 is 12.1 Å². The Kier molecular flexibility index (Phi) is 8.05. The van der Waals surface area contributed by atoms with Gasteiger partial charge in [-0.1, -0.05) is 30.3 Å². The average Bonchev–Trinajstić information content (AvgIpc) is 2.79. The van der Waals surface area contributed by atoms with Crippen molar-refractivity contribution in [3.8, 4) is 5.75 Å². The van der Waals surface area contributed by atoms with Crippen molar-refractivity contribution in [2.75, 3.05) is 19.7 Å². The number of alkyl halides is 3. The van der Waals surface area contributed by atoms with Crippen molar-refractivity contribution in [2.24, 2.45) is 5.41 Å². The van der Waals surface area contributed by atoms with E-state index in [0.29, 0.717) is 37.5 Å². The fourth-order valence-electron chi connectivity index (χ4n) is 4.60. The molecule has 0 aromatic heterocycles. The fourth-order valence-corrected chi connectivity index (χ4v) is 4.60. The van der Waals surface area contributed by atoms with Gasteiger partial charge in [0, 0.05) is 6.04 Å². The van der Waals surface area contributed by atoms with Crippen LogP contribution in [-0.4, -0.2) is 41.7 Å². The highest BCUT2D eigenvalue weighted by molar-refractivity contribution is 5.77. The second-order valence-electron chi connectivity index (χ2n) is 8.97. The summed E-state index contributed by atoms with van der Waals surface area (Å²) in [6.07, 6.45) is -1.26. The first-order valence-corrected chi connectivity index (χ1v) is 11.5. The van der Waals surface area contributed by atoms with E-state index in [9.17, 15) is 23.1 Å². The first-order chi connectivity index (χ1) is 15.6. The molecule has 0 saturated carbocycles. The number of aryl methyl sites for hydroxylation is 1. The topological polar surface area (TPSA) is 49.8 Å². The third kappa shape index (κ3) is 6.50. The Morgan fingerprint density at radius 1 is 1.12 bits per heavy atom. The number of carbonyl (C=O) groups excluding carboxylic acids is 1. The van der Waals surface area contributed by atoms with Crippen molar-refractivity contribution in [1.82, 2.24) is 4.90 Å². The van der Waals surface area contributed by atoms with E-state index in [0.717, 1.165) is 30.5 Å². The average molecular weight is 464 g/mol. The number of phenolic OH excluding ortho intramolecular Hbond substituents is 1. The normalized spacial score (nSPS) is 17.5. The highest BCUT2D eigenvalue weighted by Crippen LogP contribution is 2.39. The molecule has 2 aromatic carbocycles. The van der Waals surface area contributed by atoms with Crippen LogP contribution in [0.1, 0.15) is 49.8 Å². The molecule has 2 aromatic rings. The number of piperidine rings is 1. The standard InChI is InChI=1S/C26H32F3NO3/c1-3-33-24(32)25(18-21-5-4-6-22(17-21)26(27,28)29)13-15-30(16-14-25)19(2)7-8-20-9-11-23(31)12-10-20/h4-6,9-12,17,19,31H,3,7-8,13-16,18H2,1-2H3/t19-/m1/s1. The summed E-state index contributed by atoms with van der Waals surface area (Å²) in [6.45, 7) is 5.53. The van der Waals surface area contributed by atoms with E-state index < -0.39 is 17.2 Å². The zero-order valence-electron chi connectivity index (χ0n) is 19.2. The van der Waals surface area contributed by atoms with E-state index in [4.69, 9.17) is 4.74 Å². The second kappa shape index (κ2) is 10.6. The summed E-state index contributed by atoms with van der Waals surface area (Å²) in [5.74, 6) is -0.0716. The maximum atomic E-state index is 13.2. The molecule has 1 aliphatic rings. The summed E-state index contributed by atoms with van der Waals surface area (Å²) in [6, 6.07) is 12.8. The van der Waals surface area contributed by atoms with Crippen molar-refractivity contribution in [1.29, 1.82) is 0 Å². The van der Waals surface area contributed by atoms with Crippen molar-refractivity contribution in [3.63, 3.8) is 0 Å². The van der Waals surface area contributed by atoms with Gasteiger partial charge in [0.05, 0.1) is 17.6 Å². The van der Waals surface area contributed by atoms with Crippen molar-refractivity contribution in [3.05, 3.63) is 65.2 Å². The lowest BCUT2D eigenvalue weighted by Crippen LogP contribution is -2.49. The summed E-state index contributed by atoms with van der Waals surface area (Å²) in [5, 5.41) is 9.43. The van der Waals surface area contributed by atoms with Crippen LogP contribution >= 0.6 is 0 Å². The first kappa shape index (κ1) is 25.1. The molecule has 0 spiro atoms. The fraction of sp³-hybridized carbons (Fsp3) is 0.500. The van der Waals surface area contributed by atoms with Gasteiger partial charge in [0.1, 0.15) is 5.75 Å². The number of carbonyl (C=O) groups is 1. The highest BCUT2D eigenvalue weighted by atomic mass is 19.4. The third-order valence-corrected chi connectivity index (χ3v) is 6.67. The highest BCUT2D eigenvalue weighted by Gasteiger charge is 2.43. The van der Waals surface area contributed by atoms with Gasteiger partial charge in [-0.3, -0.25) is 4.79 Å². The molecule has 1 aliphatic heterocycles. The minimum absolute atomic E-state index is 0.242. The van der Waals surface area contributed by atoms with Gasteiger partial charge in [-0.25, -0.2) is 0 Å². The van der Waals surface area contributed by atoms with Crippen LogP contribution in [0, 0.1) is 5.41 Å². The number of hydrogen-bond acceptors (Lipinski definition) is 4. The predicted octanol–water partition coefficient (Wildman–Crippen LogP) is 5.62. The zero-order valence-corrected chi connectivity index (χ0v) is 19.2. The van der Waals surface area contributed by atoms with Gasteiger partial charge in [0.15, 0.2) is 0 Å². The molecular weight excluding hydrogens is 431 g/mol. The second-order valence-corrected chi connectivity index (χ2v) is 8.97. The maximum absolute atomic E-state index is 13.2. The molecule has 0 unspecified atom stereocenters. The van der Waals surface area contributed by atoms with Gasteiger partial charge in [-0.2, -0.15) is 13.2 Å². The number of phenols is 1. The number of nitrogens with zero attached hydrogens (tertiary/aromatic N) is 1. The van der Waals surface area contributed by atoms with Crippen LogP contribution in [-0.2, 0) is 28.5 Å². The van der Waals surface area contributed by atoms with E-state index >= 15 is 0 Å². The minimum Gasteiger partial charge on any atom is -0.508 e. The Morgan fingerprint density at radius 2 is 1.79 bits per heavy atom. The Hall–Kier alpha value is -2.54. The van der Waals surface area contributed by atoms with Crippen LogP contribution in [0.15, 0.2) is 48.5 Å². The Labute approximate surface area is 193 Å². The van der Waals surface area contributed by atoms with Crippen molar-refractivity contribution >= 4 is 5.97 Å². The molecule has 7 heteroatoms. The van der Waals surface area contributed by atoms with Crippen LogP contribution in [0.2, 0.25) is 0 Å². The lowest BCUT2D eigenvalue weighted by atomic mass is 9.73. The number of aromatic hydroxyl groups is 1. The number of benzene rings is 2. The van der Waals surface area contributed by atoms with E-state index in [1.54, 1.807) is 25.1 Å². The quantitative estimate of drug-likeness (QED) is 0.516. The molecule has 0 bridgehead atoms. The molecule has 1 fully saturated rings. The molecule has 33 heavy (non-hydrogen) atoms. The third-order valence-electron chi connectivity index (χ3n) is 6.67. The van der Waals surface area contributed by atoms with Crippen LogP contribution in [0.5, 0.6) is 5.75 Å². The van der Waals surface area contributed by atoms with Crippen LogP contribution in [0.25, 0.3) is 0 Å². The SMILES string of the molecule is CCOC(=O)C1(Cc2cccc(C(F)(F)F)c2)CCN([C@H](C)CCc2ccc(O)cc2)CC1. The number of esters is 1. The van der Waals surface area contributed by atoms with E-state index in [2.05, 4.69) is 11.8 Å². The first-order valence-electron chi connectivity index (χ1n) is 11.5. The lowest BCUT2D eigenvalue weighted by Gasteiger charge is -2.42. The molecule has 1 saturated heterocycles. The Morgan fingerprint density at radius 3 is 2.39 bits per heavy atom. The van der Waals surface area contributed by atoms with Gasteiger partial charge in [0.25, 0.3) is 0 Å². The molecule has 0 aliphatic carbocycles. The summed E-state index contributed by atoms with van der Waals surface area (Å²) >= 11 is 0. The molecule has 0 amide bonds. The Bertz CT molecular complexity index is 919. The van der Waals surface area contributed by atoms with Gasteiger partial charge in [0.2, 0.25) is 0 Å². The van der Waals surface area contributed by atoms with Crippen LogP contribution < -0.4 is 0 Å². The number of likely N-dealkylation sites (tertiary alicyclic amines) is 1. The summed E-state index contributed by atoms with van der Waals surface area (Å²) < 4.78 is 44.9.